The number of nitrogens with zero attached hydrogens (tertiary/aromatic N) is 1. The first-order chi connectivity index (χ1) is 10.6. The zero-order chi connectivity index (χ0) is 15.9. The van der Waals surface area contributed by atoms with E-state index in [9.17, 15) is 0 Å². The molecule has 0 saturated carbocycles. The molecule has 22 heavy (non-hydrogen) atoms. The molecule has 0 bridgehead atoms. The van der Waals surface area contributed by atoms with Gasteiger partial charge in [-0.15, -0.1) is 0 Å². The molecule has 2 nitrogen and oxygen atoms in total. The maximum absolute atomic E-state index is 5.75. The van der Waals surface area contributed by atoms with Gasteiger partial charge in [0.15, 0.2) is 0 Å². The first kappa shape index (κ1) is 16.7. The number of hydrogen-bond donors (Lipinski definition) is 1. The van der Waals surface area contributed by atoms with E-state index < -0.39 is 0 Å². The Morgan fingerprint density at radius 3 is 2.18 bits per heavy atom. The van der Waals surface area contributed by atoms with Gasteiger partial charge < -0.3 is 5.73 Å². The zero-order valence-electron chi connectivity index (χ0n) is 14.0. The number of aryl methyl sites for hydroxylation is 1. The summed E-state index contributed by atoms with van der Waals surface area (Å²) in [6, 6.07) is 17.5. The average Bonchev–Trinajstić information content (AvgIpc) is 2.49. The van der Waals surface area contributed by atoms with Crippen LogP contribution in [0.3, 0.4) is 0 Å². The minimum absolute atomic E-state index is 0.607. The fourth-order valence-corrected chi connectivity index (χ4v) is 2.77. The summed E-state index contributed by atoms with van der Waals surface area (Å²) in [4.78, 5) is 2.52. The highest BCUT2D eigenvalue weighted by atomic mass is 15.1. The van der Waals surface area contributed by atoms with Crippen LogP contribution in [0.5, 0.6) is 0 Å². The van der Waals surface area contributed by atoms with Crippen molar-refractivity contribution in [1.82, 2.24) is 4.90 Å². The maximum Gasteiger partial charge on any atom is 0.0237 e. The molecule has 0 saturated heterocycles. The summed E-state index contributed by atoms with van der Waals surface area (Å²) >= 11 is 0. The van der Waals surface area contributed by atoms with Gasteiger partial charge in [-0.1, -0.05) is 67.9 Å². The average molecular weight is 296 g/mol. The van der Waals surface area contributed by atoms with E-state index in [1.165, 1.54) is 22.3 Å². The molecule has 2 N–H and O–H groups in total. The largest absolute Gasteiger partial charge is 0.326 e. The van der Waals surface area contributed by atoms with Gasteiger partial charge in [-0.3, -0.25) is 4.90 Å². The lowest BCUT2D eigenvalue weighted by molar-refractivity contribution is 0.227. The highest BCUT2D eigenvalue weighted by Crippen LogP contribution is 2.14. The third kappa shape index (κ3) is 5.28. The second-order valence-corrected chi connectivity index (χ2v) is 6.57. The Kier molecular flexibility index (Phi) is 6.17. The summed E-state index contributed by atoms with van der Waals surface area (Å²) in [5, 5.41) is 0. The van der Waals surface area contributed by atoms with E-state index >= 15 is 0 Å². The van der Waals surface area contributed by atoms with Crippen molar-refractivity contribution in [2.45, 2.75) is 40.4 Å². The molecule has 0 heterocycles. The van der Waals surface area contributed by atoms with Gasteiger partial charge in [0.2, 0.25) is 0 Å². The Hall–Kier alpha value is -1.64. The van der Waals surface area contributed by atoms with Crippen molar-refractivity contribution in [3.63, 3.8) is 0 Å². The fraction of sp³-hybridized carbons (Fsp3) is 0.400. The molecule has 0 unspecified atom stereocenters. The molecular formula is C20H28N2. The molecule has 118 valence electrons. The number of hydrogen-bond acceptors (Lipinski definition) is 2. The summed E-state index contributed by atoms with van der Waals surface area (Å²) in [7, 11) is 0. The number of nitrogens with two attached hydrogens (primary N) is 1. The van der Waals surface area contributed by atoms with Crippen LogP contribution in [0.2, 0.25) is 0 Å². The summed E-state index contributed by atoms with van der Waals surface area (Å²) in [5.74, 6) is 0.656. The van der Waals surface area contributed by atoms with E-state index in [-0.39, 0.29) is 0 Å². The molecule has 0 aliphatic heterocycles. The van der Waals surface area contributed by atoms with Gasteiger partial charge in [-0.05, 0) is 29.5 Å². The van der Waals surface area contributed by atoms with Crippen molar-refractivity contribution < 1.29 is 0 Å². The van der Waals surface area contributed by atoms with E-state index in [1.807, 2.05) is 0 Å². The van der Waals surface area contributed by atoms with Gasteiger partial charge in [0, 0.05) is 26.2 Å². The van der Waals surface area contributed by atoms with Crippen LogP contribution in [0.1, 0.15) is 36.1 Å². The highest BCUT2D eigenvalue weighted by Gasteiger charge is 2.09. The van der Waals surface area contributed by atoms with E-state index in [0.29, 0.717) is 12.5 Å². The molecule has 0 aliphatic rings. The van der Waals surface area contributed by atoms with E-state index in [0.717, 1.165) is 19.6 Å². The van der Waals surface area contributed by atoms with Crippen molar-refractivity contribution >= 4 is 0 Å². The maximum atomic E-state index is 5.75. The lowest BCUT2D eigenvalue weighted by Gasteiger charge is -2.25. The molecule has 2 aromatic rings. The third-order valence-electron chi connectivity index (χ3n) is 3.78. The molecule has 0 atom stereocenters. The second-order valence-electron chi connectivity index (χ2n) is 6.57. The first-order valence-corrected chi connectivity index (χ1v) is 8.12. The summed E-state index contributed by atoms with van der Waals surface area (Å²) in [6.07, 6.45) is 0. The van der Waals surface area contributed by atoms with E-state index in [4.69, 9.17) is 5.73 Å². The SMILES string of the molecule is Cc1ccc(CN(Cc2cccc(CN)c2)CC(C)C)cc1. The molecule has 0 aliphatic carbocycles. The molecule has 0 spiro atoms. The molecule has 0 radical (unpaired) electrons. The van der Waals surface area contributed by atoms with Crippen LogP contribution in [-0.2, 0) is 19.6 Å². The minimum atomic E-state index is 0.607. The fourth-order valence-electron chi connectivity index (χ4n) is 2.77. The minimum Gasteiger partial charge on any atom is -0.326 e. The van der Waals surface area contributed by atoms with Crippen LogP contribution in [-0.4, -0.2) is 11.4 Å². The van der Waals surface area contributed by atoms with Crippen LogP contribution in [0.15, 0.2) is 48.5 Å². The normalized spacial score (nSPS) is 11.4. The van der Waals surface area contributed by atoms with Crippen molar-refractivity contribution in [2.24, 2.45) is 11.7 Å². The lowest BCUT2D eigenvalue weighted by atomic mass is 10.1. The Bertz CT molecular complexity index is 573. The topological polar surface area (TPSA) is 29.3 Å². The van der Waals surface area contributed by atoms with Crippen molar-refractivity contribution in [1.29, 1.82) is 0 Å². The molecule has 0 fully saturated rings. The third-order valence-corrected chi connectivity index (χ3v) is 3.78. The Labute approximate surface area is 135 Å². The van der Waals surface area contributed by atoms with Crippen molar-refractivity contribution in [2.75, 3.05) is 6.54 Å². The van der Waals surface area contributed by atoms with Crippen molar-refractivity contribution in [3.8, 4) is 0 Å². The van der Waals surface area contributed by atoms with Crippen molar-refractivity contribution in [3.05, 3.63) is 70.8 Å². The van der Waals surface area contributed by atoms with E-state index in [2.05, 4.69) is 74.2 Å². The molecule has 0 amide bonds. The monoisotopic (exact) mass is 296 g/mol. The zero-order valence-corrected chi connectivity index (χ0v) is 14.0. The van der Waals surface area contributed by atoms with Gasteiger partial charge in [0.1, 0.15) is 0 Å². The summed E-state index contributed by atoms with van der Waals surface area (Å²) in [6.45, 7) is 10.4. The van der Waals surface area contributed by atoms with E-state index in [1.54, 1.807) is 0 Å². The second kappa shape index (κ2) is 8.11. The predicted octanol–water partition coefficient (Wildman–Crippen LogP) is 4.11. The predicted molar refractivity (Wildman–Crippen MR) is 94.5 cm³/mol. The molecule has 0 aromatic heterocycles. The molecule has 2 rings (SSSR count). The smallest absolute Gasteiger partial charge is 0.0237 e. The summed E-state index contributed by atoms with van der Waals surface area (Å²) < 4.78 is 0. The number of rotatable bonds is 7. The van der Waals surface area contributed by atoms with Gasteiger partial charge in [-0.25, -0.2) is 0 Å². The van der Waals surface area contributed by atoms with Gasteiger partial charge >= 0.3 is 0 Å². The Balaban J connectivity index is 2.09. The quantitative estimate of drug-likeness (QED) is 0.833. The van der Waals surface area contributed by atoms with Crippen LogP contribution in [0, 0.1) is 12.8 Å². The summed E-state index contributed by atoms with van der Waals surface area (Å²) in [5.41, 5.74) is 11.0. The molecular weight excluding hydrogens is 268 g/mol. The van der Waals surface area contributed by atoms with Crippen LogP contribution in [0.25, 0.3) is 0 Å². The molecule has 2 heteroatoms. The van der Waals surface area contributed by atoms with Gasteiger partial charge in [0.25, 0.3) is 0 Å². The first-order valence-electron chi connectivity index (χ1n) is 8.12. The number of benzene rings is 2. The van der Waals surface area contributed by atoms with Crippen LogP contribution in [0.4, 0.5) is 0 Å². The van der Waals surface area contributed by atoms with Gasteiger partial charge in [-0.2, -0.15) is 0 Å². The Morgan fingerprint density at radius 1 is 0.909 bits per heavy atom. The molecule has 2 aromatic carbocycles. The van der Waals surface area contributed by atoms with Gasteiger partial charge in [0.05, 0.1) is 0 Å². The van der Waals surface area contributed by atoms with Crippen LogP contribution < -0.4 is 5.73 Å². The highest BCUT2D eigenvalue weighted by molar-refractivity contribution is 5.24. The Morgan fingerprint density at radius 2 is 1.55 bits per heavy atom. The van der Waals surface area contributed by atoms with Crippen LogP contribution >= 0.6 is 0 Å². The standard InChI is InChI=1S/C20H28N2/c1-16(2)13-22(14-18-9-7-17(3)8-10-18)15-20-6-4-5-19(11-20)12-21/h4-11,16H,12-15,21H2,1-3H3. The lowest BCUT2D eigenvalue weighted by Crippen LogP contribution is -2.27.